The quantitative estimate of drug-likeness (QED) is 0.0934. The molecule has 2 aromatic rings. The van der Waals surface area contributed by atoms with E-state index in [9.17, 15) is 48.3 Å². The van der Waals surface area contributed by atoms with Crippen molar-refractivity contribution >= 4 is 64.8 Å². The second-order valence-corrected chi connectivity index (χ2v) is 26.5. The van der Waals surface area contributed by atoms with Crippen LogP contribution in [0.15, 0.2) is 46.7 Å². The Balaban J connectivity index is 0.000000260. The number of hydrogen-bond donors (Lipinski definition) is 7. The summed E-state index contributed by atoms with van der Waals surface area (Å²) >= 11 is 0. The molecule has 2 spiro atoms. The maximum Gasteiger partial charge on any atom is 0.408 e. The zero-order valence-electron chi connectivity index (χ0n) is 53.0. The first-order chi connectivity index (χ1) is 43.6. The number of carbonyl (C=O) groups excluding carboxylic acids is 9. The van der Waals surface area contributed by atoms with Crippen LogP contribution in [0.25, 0.3) is 0 Å². The van der Waals surface area contributed by atoms with Gasteiger partial charge in [0.1, 0.15) is 36.4 Å². The number of fused-ring (bicyclic) bond motifs is 2. The number of nitrogens with zero attached hydrogens (tertiary/aromatic N) is 4. The second kappa shape index (κ2) is 30.3. The molecule has 4 fully saturated rings. The van der Waals surface area contributed by atoms with Crippen LogP contribution in [-0.4, -0.2) is 199 Å². The SMILES string of the molecule is C.C.CCC[C@H](NC(=O)[C@@H]1C[C@]2(CC(c3ccc4c(c3)OCO4)=NO2)CN1C(=O)[C@@H](NC(=O)O[C@H]1CCOC1)C(C)(C)C)C(=O)C(N)=O.CCC[C@H](NC(=O)[C@@H]1C[C@]2(CC(c3ccc4c(c3)OCO4)=NO2)CN1C(=O)[C@@H](NC(=O)O[C@H]1CCOC1)C(C)(C)C)C(O)C(N)=O. The first-order valence-corrected chi connectivity index (χ1v) is 31.0. The number of ketones is 1. The summed E-state index contributed by atoms with van der Waals surface area (Å²) in [5.41, 5.74) is 9.54. The summed E-state index contributed by atoms with van der Waals surface area (Å²) in [6.45, 7) is 16.0. The van der Waals surface area contributed by atoms with Gasteiger partial charge >= 0.3 is 12.2 Å². The topological polar surface area (TPSA) is 398 Å². The van der Waals surface area contributed by atoms with E-state index in [4.69, 9.17) is 59.0 Å². The molecule has 11 atom stereocenters. The molecule has 8 aliphatic heterocycles. The fourth-order valence-corrected chi connectivity index (χ4v) is 12.3. The zero-order valence-corrected chi connectivity index (χ0v) is 53.0. The van der Waals surface area contributed by atoms with E-state index in [2.05, 4.69) is 31.6 Å². The minimum Gasteiger partial charge on any atom is -0.454 e. The maximum absolute atomic E-state index is 14.4. The number of nitrogens with two attached hydrogens (primary N) is 2. The van der Waals surface area contributed by atoms with Gasteiger partial charge < -0.3 is 95.2 Å². The highest BCUT2D eigenvalue weighted by Crippen LogP contribution is 2.44. The van der Waals surface area contributed by atoms with Crippen molar-refractivity contribution in [2.75, 3.05) is 53.1 Å². The molecular weight excluding hydrogens is 1230 g/mol. The lowest BCUT2D eigenvalue weighted by Gasteiger charge is -2.35. The summed E-state index contributed by atoms with van der Waals surface area (Å²) in [6.07, 6.45) is -0.793. The molecule has 1 unspecified atom stereocenters. The second-order valence-electron chi connectivity index (χ2n) is 26.5. The number of rotatable bonds is 20. The molecule has 0 radical (unpaired) electrons. The Morgan fingerprint density at radius 1 is 0.628 bits per heavy atom. The van der Waals surface area contributed by atoms with E-state index in [0.29, 0.717) is 73.3 Å². The van der Waals surface area contributed by atoms with Gasteiger partial charge in [0.05, 0.1) is 63.0 Å². The minimum absolute atomic E-state index is 0. The van der Waals surface area contributed by atoms with E-state index < -0.39 is 130 Å². The molecule has 8 aliphatic rings. The van der Waals surface area contributed by atoms with Crippen molar-refractivity contribution in [3.05, 3.63) is 47.5 Å². The number of aliphatic hydroxyl groups excluding tert-OH is 1. The van der Waals surface area contributed by atoms with E-state index in [1.807, 2.05) is 19.1 Å². The number of amides is 8. The van der Waals surface area contributed by atoms with Crippen molar-refractivity contribution in [2.45, 2.75) is 200 Å². The lowest BCUT2D eigenvalue weighted by molar-refractivity contribution is -0.143. The van der Waals surface area contributed by atoms with Crippen molar-refractivity contribution in [3.63, 3.8) is 0 Å². The molecule has 4 saturated heterocycles. The minimum atomic E-state index is -1.62. The van der Waals surface area contributed by atoms with Gasteiger partial charge in [0.2, 0.25) is 48.9 Å². The number of ether oxygens (including phenoxy) is 8. The van der Waals surface area contributed by atoms with Crippen LogP contribution in [0.1, 0.15) is 146 Å². The predicted octanol–water partition coefficient (Wildman–Crippen LogP) is 3.36. The Morgan fingerprint density at radius 3 is 1.44 bits per heavy atom. The van der Waals surface area contributed by atoms with Crippen LogP contribution in [0.4, 0.5) is 9.59 Å². The van der Waals surface area contributed by atoms with Gasteiger partial charge in [-0.15, -0.1) is 0 Å². The molecule has 0 aromatic heterocycles. The number of carbonyl (C=O) groups is 9. The van der Waals surface area contributed by atoms with Crippen LogP contribution in [0, 0.1) is 10.8 Å². The Hall–Kier alpha value is -8.51. The number of alkyl carbamates (subject to hydrolysis) is 2. The number of aliphatic hydroxyl groups is 1. The number of primary amides is 2. The summed E-state index contributed by atoms with van der Waals surface area (Å²) in [7, 11) is 0. The van der Waals surface area contributed by atoms with Gasteiger partial charge in [-0.3, -0.25) is 33.6 Å². The number of nitrogens with one attached hydrogen (secondary N) is 4. The Labute approximate surface area is 546 Å². The van der Waals surface area contributed by atoms with E-state index in [-0.39, 0.29) is 93.3 Å². The molecule has 518 valence electrons. The lowest BCUT2D eigenvalue weighted by atomic mass is 9.85. The normalized spacial score (nSPS) is 24.5. The molecule has 8 heterocycles. The first kappa shape index (κ1) is 72.9. The first-order valence-electron chi connectivity index (χ1n) is 31.0. The lowest BCUT2D eigenvalue weighted by Crippen LogP contribution is -2.59. The molecular formula is C64H92N10O20. The van der Waals surface area contributed by atoms with Crippen molar-refractivity contribution in [1.29, 1.82) is 0 Å². The fraction of sp³-hybridized carbons (Fsp3) is 0.641. The number of likely N-dealkylation sites (tertiary alicyclic amines) is 2. The van der Waals surface area contributed by atoms with Gasteiger partial charge in [-0.2, -0.15) is 0 Å². The molecule has 30 heteroatoms. The van der Waals surface area contributed by atoms with Crippen LogP contribution >= 0.6 is 0 Å². The zero-order chi connectivity index (χ0) is 66.5. The standard InChI is InChI=1S/C31H43N5O10.C31H41N5O10.2CH4/c2*1-5-6-19(24(37)26(32)38)33-27(39)21-13-31(12-20(35-46-31)17-7-8-22-23(11-17)44-16-43-22)15-36(21)28(40)25(30(2,3)4)34-29(41)45-18-9-10-42-14-18;;/h7-8,11,18-19,21,24-25,37H,5-6,9-10,12-16H2,1-4H3,(H2,32,38)(H,33,39)(H,34,41);7-8,11,18-19,21,25H,5-6,9-10,12-16H2,1-4H3,(H2,32,38)(H,33,39)(H,34,41);2*1H4/t18-,19-,21-,24?,25+,31+;18-,19-,21-,25+,31+;;/m00../s1. The summed E-state index contributed by atoms with van der Waals surface area (Å²) in [6, 6.07) is 4.29. The third-order valence-corrected chi connectivity index (χ3v) is 17.2. The maximum atomic E-state index is 14.4. The highest BCUT2D eigenvalue weighted by atomic mass is 16.7. The highest BCUT2D eigenvalue weighted by Gasteiger charge is 2.58. The molecule has 0 saturated carbocycles. The third-order valence-electron chi connectivity index (χ3n) is 17.2. The van der Waals surface area contributed by atoms with Gasteiger partial charge in [0.25, 0.3) is 5.91 Å². The van der Waals surface area contributed by atoms with Crippen LogP contribution in [0.3, 0.4) is 0 Å². The summed E-state index contributed by atoms with van der Waals surface area (Å²) in [5.74, 6) is -3.02. The van der Waals surface area contributed by atoms with Gasteiger partial charge in [0.15, 0.2) is 40.3 Å². The van der Waals surface area contributed by atoms with Crippen molar-refractivity contribution in [1.82, 2.24) is 31.1 Å². The number of Topliss-reactive ketones (excluding diaryl/α,β-unsaturated/α-hetero) is 1. The molecule has 0 bridgehead atoms. The van der Waals surface area contributed by atoms with E-state index >= 15 is 0 Å². The van der Waals surface area contributed by atoms with Crippen LogP contribution < -0.4 is 51.7 Å². The van der Waals surface area contributed by atoms with Crippen LogP contribution in [0.2, 0.25) is 0 Å². The van der Waals surface area contributed by atoms with Crippen molar-refractivity contribution in [3.8, 4) is 23.0 Å². The Bertz CT molecular complexity index is 3210. The largest absolute Gasteiger partial charge is 0.454 e. The molecule has 30 nitrogen and oxygen atoms in total. The summed E-state index contributed by atoms with van der Waals surface area (Å²) < 4.78 is 43.3. The monoisotopic (exact) mass is 1320 g/mol. The van der Waals surface area contributed by atoms with E-state index in [1.165, 1.54) is 9.80 Å². The van der Waals surface area contributed by atoms with Crippen LogP contribution in [0.5, 0.6) is 23.0 Å². The molecule has 9 N–H and O–H groups in total. The highest BCUT2D eigenvalue weighted by molar-refractivity contribution is 6.37. The van der Waals surface area contributed by atoms with Gasteiger partial charge in [0, 0.05) is 49.7 Å². The molecule has 10 rings (SSSR count). The van der Waals surface area contributed by atoms with Gasteiger partial charge in [-0.1, -0.05) is 93.4 Å². The van der Waals surface area contributed by atoms with Gasteiger partial charge in [-0.25, -0.2) is 9.59 Å². The van der Waals surface area contributed by atoms with Crippen molar-refractivity contribution in [2.24, 2.45) is 32.6 Å². The fourth-order valence-electron chi connectivity index (χ4n) is 12.3. The Kier molecular flexibility index (Phi) is 23.5. The van der Waals surface area contributed by atoms with Crippen molar-refractivity contribution < 1.29 is 95.8 Å². The molecule has 8 amide bonds. The smallest absolute Gasteiger partial charge is 0.408 e. The van der Waals surface area contributed by atoms with E-state index in [0.717, 1.165) is 11.1 Å². The average Bonchev–Trinajstić information content (AvgIpc) is 1.60. The number of benzene rings is 2. The number of hydrogen-bond acceptors (Lipinski definition) is 22. The molecule has 94 heavy (non-hydrogen) atoms. The Morgan fingerprint density at radius 2 is 1.05 bits per heavy atom. The van der Waals surface area contributed by atoms with Gasteiger partial charge in [-0.05, 0) is 60.1 Å². The third kappa shape index (κ3) is 16.9. The van der Waals surface area contributed by atoms with Crippen LogP contribution in [-0.2, 0) is 62.2 Å². The average molecular weight is 1320 g/mol. The predicted molar refractivity (Wildman–Crippen MR) is 336 cm³/mol. The molecule has 0 aliphatic carbocycles. The van der Waals surface area contributed by atoms with E-state index in [1.54, 1.807) is 72.7 Å². The number of oxime groups is 2. The summed E-state index contributed by atoms with van der Waals surface area (Å²) in [5, 5.41) is 29.9. The molecule has 2 aromatic carbocycles. The summed E-state index contributed by atoms with van der Waals surface area (Å²) in [4.78, 5) is 133.